The smallest absolute Gasteiger partial charge is 0.277 e. The Balaban J connectivity index is 1.35. The van der Waals surface area contributed by atoms with E-state index in [0.717, 1.165) is 35.1 Å². The van der Waals surface area contributed by atoms with Gasteiger partial charge in [0.1, 0.15) is 0 Å². The molecule has 1 saturated heterocycles. The van der Waals surface area contributed by atoms with E-state index in [0.29, 0.717) is 19.6 Å². The molecule has 1 atom stereocenters. The van der Waals surface area contributed by atoms with Crippen molar-refractivity contribution in [1.82, 2.24) is 4.90 Å². The van der Waals surface area contributed by atoms with E-state index >= 15 is 0 Å². The van der Waals surface area contributed by atoms with E-state index in [9.17, 15) is 4.79 Å². The van der Waals surface area contributed by atoms with Crippen LogP contribution in [0, 0.1) is 0 Å². The quantitative estimate of drug-likeness (QED) is 0.679. The van der Waals surface area contributed by atoms with Crippen molar-refractivity contribution in [3.05, 3.63) is 89.3 Å². The molecular formula is C23H25ClN3O2+. The van der Waals surface area contributed by atoms with Crippen molar-refractivity contribution in [3.8, 4) is 0 Å². The predicted molar refractivity (Wildman–Crippen MR) is 114 cm³/mol. The van der Waals surface area contributed by atoms with Crippen molar-refractivity contribution in [1.29, 1.82) is 0 Å². The number of nitrogens with two attached hydrogens (primary N) is 1. The summed E-state index contributed by atoms with van der Waals surface area (Å²) in [5, 5.41) is 2.81. The summed E-state index contributed by atoms with van der Waals surface area (Å²) >= 11 is 6.31. The maximum atomic E-state index is 12.8. The van der Waals surface area contributed by atoms with Crippen LogP contribution in [-0.4, -0.2) is 43.5 Å². The van der Waals surface area contributed by atoms with Gasteiger partial charge in [-0.2, -0.15) is 0 Å². The molecule has 0 unspecified atom stereocenters. The van der Waals surface area contributed by atoms with Gasteiger partial charge in [0.15, 0.2) is 18.3 Å². The molecule has 1 aromatic heterocycles. The molecule has 3 aromatic rings. The van der Waals surface area contributed by atoms with E-state index < -0.39 is 0 Å². The zero-order valence-electron chi connectivity index (χ0n) is 16.2. The molecular weight excluding hydrogens is 386 g/mol. The maximum Gasteiger partial charge on any atom is 0.277 e. The molecule has 0 radical (unpaired) electrons. The third-order valence-electron chi connectivity index (χ3n) is 5.36. The molecule has 1 fully saturated rings. The van der Waals surface area contributed by atoms with Gasteiger partial charge in [-0.05, 0) is 24.3 Å². The summed E-state index contributed by atoms with van der Waals surface area (Å²) in [5.41, 5.74) is 2.16. The number of amides is 1. The lowest BCUT2D eigenvalue weighted by atomic mass is 10.0. The number of para-hydroxylation sites is 1. The second-order valence-corrected chi connectivity index (χ2v) is 7.57. The van der Waals surface area contributed by atoms with Gasteiger partial charge >= 0.3 is 0 Å². The van der Waals surface area contributed by atoms with Crippen LogP contribution in [0.4, 0.5) is 5.69 Å². The van der Waals surface area contributed by atoms with Crippen LogP contribution in [0.15, 0.2) is 77.4 Å². The Kier molecular flexibility index (Phi) is 6.17. The lowest BCUT2D eigenvalue weighted by molar-refractivity contribution is -0.679. The first-order valence-electron chi connectivity index (χ1n) is 9.91. The first-order valence-corrected chi connectivity index (χ1v) is 10.3. The van der Waals surface area contributed by atoms with Crippen LogP contribution in [0.3, 0.4) is 0 Å². The number of anilines is 1. The molecule has 1 amide bonds. The Labute approximate surface area is 175 Å². The van der Waals surface area contributed by atoms with Gasteiger partial charge in [-0.1, -0.05) is 54.1 Å². The highest BCUT2D eigenvalue weighted by molar-refractivity contribution is 6.33. The standard InChI is InChI=1S/C23H24ClN3O2/c24-19-9-4-5-10-20(19)26-12-14-27(15-13-26)22(28)17-25-23(21-11-6-16-29-21)18-7-2-1-3-8-18/h1-11,16,23,25H,12-15,17H2/p+1/t23-/m1/s1. The first-order chi connectivity index (χ1) is 14.2. The largest absolute Gasteiger partial charge is 0.463 e. The number of furan rings is 1. The van der Waals surface area contributed by atoms with E-state index in [1.807, 2.05) is 59.5 Å². The minimum absolute atomic E-state index is 0.0282. The van der Waals surface area contributed by atoms with Gasteiger partial charge < -0.3 is 19.5 Å². The SMILES string of the molecule is O=C(C[NH2+][C@H](c1ccccc1)c1ccco1)N1CCN(c2ccccc2Cl)CC1. The van der Waals surface area contributed by atoms with Crippen molar-refractivity contribution in [3.63, 3.8) is 0 Å². The van der Waals surface area contributed by atoms with Crippen molar-refractivity contribution < 1.29 is 14.5 Å². The molecule has 0 aliphatic carbocycles. The van der Waals surface area contributed by atoms with Crippen molar-refractivity contribution >= 4 is 23.2 Å². The number of carbonyl (C=O) groups excluding carboxylic acids is 1. The summed E-state index contributed by atoms with van der Waals surface area (Å²) in [4.78, 5) is 17.0. The fourth-order valence-electron chi connectivity index (χ4n) is 3.80. The fourth-order valence-corrected chi connectivity index (χ4v) is 4.05. The monoisotopic (exact) mass is 410 g/mol. The highest BCUT2D eigenvalue weighted by atomic mass is 35.5. The number of hydrogen-bond acceptors (Lipinski definition) is 3. The Bertz CT molecular complexity index is 922. The van der Waals surface area contributed by atoms with Gasteiger partial charge in [0.25, 0.3) is 5.91 Å². The third-order valence-corrected chi connectivity index (χ3v) is 5.68. The van der Waals surface area contributed by atoms with Crippen molar-refractivity contribution in [2.24, 2.45) is 0 Å². The molecule has 6 heteroatoms. The van der Waals surface area contributed by atoms with E-state index in [1.165, 1.54) is 0 Å². The second kappa shape index (κ2) is 9.16. The van der Waals surface area contributed by atoms with Gasteiger partial charge in [0.2, 0.25) is 0 Å². The predicted octanol–water partition coefficient (Wildman–Crippen LogP) is 2.93. The Morgan fingerprint density at radius 2 is 1.69 bits per heavy atom. The van der Waals surface area contributed by atoms with Crippen LogP contribution in [-0.2, 0) is 4.79 Å². The first kappa shape index (κ1) is 19.6. The molecule has 0 saturated carbocycles. The fraction of sp³-hybridized carbons (Fsp3) is 0.261. The average Bonchev–Trinajstić information content (AvgIpc) is 3.30. The van der Waals surface area contributed by atoms with E-state index in [4.69, 9.17) is 16.0 Å². The number of nitrogens with zero attached hydrogens (tertiary/aromatic N) is 2. The minimum atomic E-state index is -0.0282. The highest BCUT2D eigenvalue weighted by Crippen LogP contribution is 2.26. The molecule has 2 aromatic carbocycles. The number of rotatable bonds is 6. The Morgan fingerprint density at radius 3 is 2.38 bits per heavy atom. The summed E-state index contributed by atoms with van der Waals surface area (Å²) < 4.78 is 5.63. The molecule has 2 heterocycles. The maximum absolute atomic E-state index is 12.8. The number of hydrogen-bond donors (Lipinski definition) is 1. The van der Waals surface area contributed by atoms with Crippen LogP contribution in [0.1, 0.15) is 17.4 Å². The number of piperazine rings is 1. The van der Waals surface area contributed by atoms with Crippen LogP contribution in [0.25, 0.3) is 0 Å². The Hall–Kier alpha value is -2.76. The van der Waals surface area contributed by atoms with Crippen LogP contribution >= 0.6 is 11.6 Å². The van der Waals surface area contributed by atoms with E-state index in [1.54, 1.807) is 6.26 Å². The zero-order chi connectivity index (χ0) is 20.1. The van der Waals surface area contributed by atoms with Crippen LogP contribution in [0.5, 0.6) is 0 Å². The summed E-state index contributed by atoms with van der Waals surface area (Å²) in [6.45, 7) is 3.36. The van der Waals surface area contributed by atoms with Gasteiger partial charge in [-0.15, -0.1) is 0 Å². The number of halogens is 1. The van der Waals surface area contributed by atoms with E-state index in [2.05, 4.69) is 22.3 Å². The second-order valence-electron chi connectivity index (χ2n) is 7.16. The summed E-state index contributed by atoms with van der Waals surface area (Å²) in [5.74, 6) is 1.00. The summed E-state index contributed by atoms with van der Waals surface area (Å²) in [6, 6.07) is 21.8. The average molecular weight is 411 g/mol. The minimum Gasteiger partial charge on any atom is -0.463 e. The topological polar surface area (TPSA) is 53.3 Å². The van der Waals surface area contributed by atoms with Crippen molar-refractivity contribution in [2.45, 2.75) is 6.04 Å². The molecule has 1 aliphatic rings. The molecule has 1 aliphatic heterocycles. The van der Waals surface area contributed by atoms with Gasteiger partial charge in [0, 0.05) is 31.7 Å². The number of carbonyl (C=O) groups is 1. The molecule has 4 rings (SSSR count). The molecule has 0 bridgehead atoms. The Morgan fingerprint density at radius 1 is 0.966 bits per heavy atom. The van der Waals surface area contributed by atoms with Gasteiger partial charge in [-0.25, -0.2) is 0 Å². The van der Waals surface area contributed by atoms with Gasteiger partial charge in [0.05, 0.1) is 17.0 Å². The summed E-state index contributed by atoms with van der Waals surface area (Å²) in [7, 11) is 0. The van der Waals surface area contributed by atoms with Crippen LogP contribution < -0.4 is 10.2 Å². The third kappa shape index (κ3) is 4.63. The zero-order valence-corrected chi connectivity index (χ0v) is 17.0. The molecule has 29 heavy (non-hydrogen) atoms. The van der Waals surface area contributed by atoms with Gasteiger partial charge in [-0.3, -0.25) is 4.79 Å². The normalized spacial score (nSPS) is 15.3. The van der Waals surface area contributed by atoms with Crippen LogP contribution in [0.2, 0.25) is 5.02 Å². The van der Waals surface area contributed by atoms with E-state index in [-0.39, 0.29) is 11.9 Å². The van der Waals surface area contributed by atoms with Crippen molar-refractivity contribution in [2.75, 3.05) is 37.6 Å². The molecule has 0 spiro atoms. The lowest BCUT2D eigenvalue weighted by Crippen LogP contribution is -2.88. The summed E-state index contributed by atoms with van der Waals surface area (Å²) in [6.07, 6.45) is 1.68. The lowest BCUT2D eigenvalue weighted by Gasteiger charge is -2.36. The number of quaternary nitrogens is 1. The molecule has 150 valence electrons. The highest BCUT2D eigenvalue weighted by Gasteiger charge is 2.26. The number of benzene rings is 2. The molecule has 5 nitrogen and oxygen atoms in total. The molecule has 2 N–H and O–H groups in total.